The predicted molar refractivity (Wildman–Crippen MR) is 95.9 cm³/mol. The van der Waals surface area contributed by atoms with Gasteiger partial charge in [-0.3, -0.25) is 4.79 Å². The highest BCUT2D eigenvalue weighted by Gasteiger charge is 2.26. The molecule has 0 bridgehead atoms. The molecule has 1 N–H and O–H groups in total. The van der Waals surface area contributed by atoms with Crippen LogP contribution in [0.25, 0.3) is 0 Å². The van der Waals surface area contributed by atoms with Crippen LogP contribution in [-0.4, -0.2) is 37.0 Å². The summed E-state index contributed by atoms with van der Waals surface area (Å²) in [5.41, 5.74) is 1.58. The number of quaternary nitrogens is 1. The Hall–Kier alpha value is -1.43. The molecular formula is C18H18BrClFN2O+. The smallest absolute Gasteiger partial charge is 0.255 e. The summed E-state index contributed by atoms with van der Waals surface area (Å²) in [6.45, 7) is 3.96. The highest BCUT2D eigenvalue weighted by molar-refractivity contribution is 9.10. The van der Waals surface area contributed by atoms with Crippen LogP contribution in [0.1, 0.15) is 15.9 Å². The summed E-state index contributed by atoms with van der Waals surface area (Å²) in [5.74, 6) is -0.519. The Morgan fingerprint density at radius 3 is 2.67 bits per heavy atom. The van der Waals surface area contributed by atoms with Crippen LogP contribution in [0.4, 0.5) is 4.39 Å². The van der Waals surface area contributed by atoms with Crippen molar-refractivity contribution < 1.29 is 14.1 Å². The Bertz CT molecular complexity index is 748. The lowest BCUT2D eigenvalue weighted by Gasteiger charge is -2.32. The van der Waals surface area contributed by atoms with E-state index in [1.54, 1.807) is 11.0 Å². The van der Waals surface area contributed by atoms with E-state index in [0.29, 0.717) is 23.1 Å². The van der Waals surface area contributed by atoms with E-state index in [0.717, 1.165) is 24.7 Å². The van der Waals surface area contributed by atoms with Gasteiger partial charge in [0.2, 0.25) is 0 Å². The molecule has 1 aliphatic heterocycles. The molecule has 2 aromatic carbocycles. The van der Waals surface area contributed by atoms with Gasteiger partial charge in [0, 0.05) is 15.1 Å². The third-order valence-electron chi connectivity index (χ3n) is 4.26. The second kappa shape index (κ2) is 7.64. The standard InChI is InChI=1S/C18H17BrClFN2O/c19-17-5-4-15(21)11-16(17)18(24)23-8-6-22(7-9-23)12-13-2-1-3-14(20)10-13/h1-5,10-11H,6-9,12H2/p+1. The van der Waals surface area contributed by atoms with Gasteiger partial charge in [-0.1, -0.05) is 23.7 Å². The zero-order valence-electron chi connectivity index (χ0n) is 13.1. The number of hydrogen-bond donors (Lipinski definition) is 1. The largest absolute Gasteiger partial charge is 0.328 e. The van der Waals surface area contributed by atoms with Crippen molar-refractivity contribution in [2.45, 2.75) is 6.54 Å². The van der Waals surface area contributed by atoms with Gasteiger partial charge in [0.1, 0.15) is 12.4 Å². The second-order valence-corrected chi connectivity index (χ2v) is 7.26. The van der Waals surface area contributed by atoms with Crippen LogP contribution in [0.15, 0.2) is 46.9 Å². The van der Waals surface area contributed by atoms with E-state index in [9.17, 15) is 9.18 Å². The first kappa shape index (κ1) is 17.4. The third kappa shape index (κ3) is 4.15. The molecule has 1 fully saturated rings. The van der Waals surface area contributed by atoms with Crippen molar-refractivity contribution >= 4 is 33.4 Å². The minimum absolute atomic E-state index is 0.122. The molecule has 2 aromatic rings. The molecule has 3 nitrogen and oxygen atoms in total. The lowest BCUT2D eigenvalue weighted by Crippen LogP contribution is -3.13. The maximum absolute atomic E-state index is 13.4. The van der Waals surface area contributed by atoms with Crippen molar-refractivity contribution in [3.63, 3.8) is 0 Å². The van der Waals surface area contributed by atoms with Crippen molar-refractivity contribution in [1.82, 2.24) is 4.90 Å². The molecule has 0 aromatic heterocycles. The molecule has 1 amide bonds. The van der Waals surface area contributed by atoms with E-state index in [1.807, 2.05) is 18.2 Å². The maximum Gasteiger partial charge on any atom is 0.255 e. The van der Waals surface area contributed by atoms with Crippen LogP contribution in [0.3, 0.4) is 0 Å². The van der Waals surface area contributed by atoms with Gasteiger partial charge < -0.3 is 9.80 Å². The minimum atomic E-state index is -0.397. The highest BCUT2D eigenvalue weighted by atomic mass is 79.9. The lowest BCUT2D eigenvalue weighted by molar-refractivity contribution is -0.917. The third-order valence-corrected chi connectivity index (χ3v) is 5.19. The van der Waals surface area contributed by atoms with E-state index in [-0.39, 0.29) is 5.91 Å². The maximum atomic E-state index is 13.4. The number of nitrogens with zero attached hydrogens (tertiary/aromatic N) is 1. The summed E-state index contributed by atoms with van der Waals surface area (Å²) in [6.07, 6.45) is 0. The van der Waals surface area contributed by atoms with Crippen LogP contribution in [0.5, 0.6) is 0 Å². The van der Waals surface area contributed by atoms with Crippen molar-refractivity contribution in [1.29, 1.82) is 0 Å². The summed E-state index contributed by atoms with van der Waals surface area (Å²) < 4.78 is 14.0. The average Bonchev–Trinajstić information content (AvgIpc) is 2.57. The fourth-order valence-corrected chi connectivity index (χ4v) is 3.60. The van der Waals surface area contributed by atoms with Gasteiger partial charge in [-0.05, 0) is 46.3 Å². The van der Waals surface area contributed by atoms with Crippen molar-refractivity contribution in [3.05, 3.63) is 68.9 Å². The number of piperazine rings is 1. The minimum Gasteiger partial charge on any atom is -0.328 e. The highest BCUT2D eigenvalue weighted by Crippen LogP contribution is 2.19. The Labute approximate surface area is 154 Å². The average molecular weight is 413 g/mol. The molecule has 0 spiro atoms. The number of benzene rings is 2. The number of halogens is 3. The molecule has 3 rings (SSSR count). The number of amides is 1. The second-order valence-electron chi connectivity index (χ2n) is 5.97. The lowest BCUT2D eigenvalue weighted by atomic mass is 10.1. The first-order chi connectivity index (χ1) is 11.5. The van der Waals surface area contributed by atoms with Crippen LogP contribution < -0.4 is 4.90 Å². The molecule has 1 heterocycles. The molecule has 0 saturated carbocycles. The Morgan fingerprint density at radius 2 is 1.96 bits per heavy atom. The van der Waals surface area contributed by atoms with E-state index in [4.69, 9.17) is 11.6 Å². The van der Waals surface area contributed by atoms with E-state index in [1.165, 1.54) is 22.6 Å². The molecular weight excluding hydrogens is 395 g/mol. The first-order valence-corrected chi connectivity index (χ1v) is 9.02. The van der Waals surface area contributed by atoms with Crippen LogP contribution in [0, 0.1) is 5.82 Å². The summed E-state index contributed by atoms with van der Waals surface area (Å²) in [6, 6.07) is 12.1. The van der Waals surface area contributed by atoms with Gasteiger partial charge in [0.05, 0.1) is 31.7 Å². The van der Waals surface area contributed by atoms with Crippen molar-refractivity contribution in [3.8, 4) is 0 Å². The number of nitrogens with one attached hydrogen (secondary N) is 1. The quantitative estimate of drug-likeness (QED) is 0.824. The number of carbonyl (C=O) groups is 1. The van der Waals surface area contributed by atoms with E-state index < -0.39 is 5.82 Å². The molecule has 0 unspecified atom stereocenters. The number of carbonyl (C=O) groups excluding carboxylic acids is 1. The molecule has 1 saturated heterocycles. The Morgan fingerprint density at radius 1 is 1.21 bits per heavy atom. The summed E-state index contributed by atoms with van der Waals surface area (Å²) in [7, 11) is 0. The van der Waals surface area contributed by atoms with E-state index in [2.05, 4.69) is 22.0 Å². The summed E-state index contributed by atoms with van der Waals surface area (Å²) in [4.78, 5) is 15.8. The molecule has 6 heteroatoms. The van der Waals surface area contributed by atoms with Crippen LogP contribution in [-0.2, 0) is 6.54 Å². The fourth-order valence-electron chi connectivity index (χ4n) is 2.97. The predicted octanol–water partition coefficient (Wildman–Crippen LogP) is 2.78. The summed E-state index contributed by atoms with van der Waals surface area (Å²) in [5, 5.41) is 0.747. The van der Waals surface area contributed by atoms with Crippen LogP contribution >= 0.6 is 27.5 Å². The topological polar surface area (TPSA) is 24.8 Å². The van der Waals surface area contributed by atoms with Gasteiger partial charge in [0.15, 0.2) is 0 Å². The number of hydrogen-bond acceptors (Lipinski definition) is 1. The van der Waals surface area contributed by atoms with Crippen LogP contribution in [0.2, 0.25) is 5.02 Å². The zero-order valence-corrected chi connectivity index (χ0v) is 15.4. The number of rotatable bonds is 3. The molecule has 0 aliphatic carbocycles. The van der Waals surface area contributed by atoms with Gasteiger partial charge in [0.25, 0.3) is 5.91 Å². The van der Waals surface area contributed by atoms with Gasteiger partial charge in [-0.15, -0.1) is 0 Å². The zero-order chi connectivity index (χ0) is 17.1. The molecule has 126 valence electrons. The molecule has 0 atom stereocenters. The van der Waals surface area contributed by atoms with Gasteiger partial charge in [-0.25, -0.2) is 4.39 Å². The first-order valence-electron chi connectivity index (χ1n) is 7.85. The SMILES string of the molecule is O=C(c1cc(F)ccc1Br)N1CC[NH+](Cc2cccc(Cl)c2)CC1. The molecule has 1 aliphatic rings. The van der Waals surface area contributed by atoms with E-state index >= 15 is 0 Å². The van der Waals surface area contributed by atoms with Gasteiger partial charge >= 0.3 is 0 Å². The Balaban J connectivity index is 1.60. The van der Waals surface area contributed by atoms with Crippen molar-refractivity contribution in [2.24, 2.45) is 0 Å². The van der Waals surface area contributed by atoms with Crippen molar-refractivity contribution in [2.75, 3.05) is 26.2 Å². The molecule has 24 heavy (non-hydrogen) atoms. The Kier molecular flexibility index (Phi) is 5.54. The normalized spacial score (nSPS) is 15.5. The molecule has 0 radical (unpaired) electrons. The monoisotopic (exact) mass is 411 g/mol. The van der Waals surface area contributed by atoms with Gasteiger partial charge in [-0.2, -0.15) is 0 Å². The fraction of sp³-hybridized carbons (Fsp3) is 0.278. The summed E-state index contributed by atoms with van der Waals surface area (Å²) >= 11 is 9.35.